The van der Waals surface area contributed by atoms with Gasteiger partial charge >= 0.3 is 12.1 Å². The van der Waals surface area contributed by atoms with Gasteiger partial charge in [-0.1, -0.05) is 103 Å². The number of benzene rings is 4. The zero-order valence-electron chi connectivity index (χ0n) is 20.0. The molecule has 1 amide bonds. The molecule has 1 aliphatic rings. The molecule has 0 aromatic heterocycles. The summed E-state index contributed by atoms with van der Waals surface area (Å²) in [6.45, 7) is 2.18. The van der Waals surface area contributed by atoms with Gasteiger partial charge in [0.1, 0.15) is 12.6 Å². The minimum atomic E-state index is -1.11. The Balaban J connectivity index is 1.22. The van der Waals surface area contributed by atoms with Gasteiger partial charge in [-0.15, -0.1) is 0 Å². The Hall–Kier alpha value is -4.38. The van der Waals surface area contributed by atoms with Crippen LogP contribution in [-0.2, 0) is 16.0 Å². The molecule has 0 unspecified atom stereocenters. The third kappa shape index (κ3) is 4.86. The number of hydrogen-bond donors (Lipinski definition) is 2. The molecule has 0 saturated heterocycles. The molecule has 4 aromatic carbocycles. The second kappa shape index (κ2) is 10.1. The van der Waals surface area contributed by atoms with Crippen LogP contribution in [0.25, 0.3) is 22.3 Å². The van der Waals surface area contributed by atoms with Crippen molar-refractivity contribution in [3.8, 4) is 22.3 Å². The number of alkyl carbamates (subject to hydrolysis) is 1. The van der Waals surface area contributed by atoms with Gasteiger partial charge in [0.05, 0.1) is 0 Å². The number of fused-ring (bicyclic) bond motifs is 3. The first-order valence-corrected chi connectivity index (χ1v) is 12.0. The predicted octanol–water partition coefficient (Wildman–Crippen LogP) is 6.20. The Labute approximate surface area is 210 Å². The third-order valence-corrected chi connectivity index (χ3v) is 6.71. The van der Waals surface area contributed by atoms with Crippen molar-refractivity contribution in [3.63, 3.8) is 0 Å². The average molecular weight is 478 g/mol. The first-order valence-electron chi connectivity index (χ1n) is 12.0. The Bertz CT molecular complexity index is 1350. The highest BCUT2D eigenvalue weighted by Gasteiger charge is 2.29. The van der Waals surface area contributed by atoms with Crippen molar-refractivity contribution in [1.29, 1.82) is 0 Å². The summed E-state index contributed by atoms with van der Waals surface area (Å²) >= 11 is 0. The van der Waals surface area contributed by atoms with Crippen molar-refractivity contribution in [2.45, 2.75) is 25.3 Å². The number of ether oxygens (including phenoxy) is 1. The number of nitrogens with one attached hydrogen (secondary N) is 1. The van der Waals surface area contributed by atoms with Crippen LogP contribution in [0, 0.1) is 6.92 Å². The molecule has 5 rings (SSSR count). The first kappa shape index (κ1) is 23.4. The highest BCUT2D eigenvalue weighted by atomic mass is 16.5. The van der Waals surface area contributed by atoms with Crippen LogP contribution in [0.4, 0.5) is 4.79 Å². The minimum absolute atomic E-state index is 0.0826. The van der Waals surface area contributed by atoms with Crippen LogP contribution in [0.5, 0.6) is 0 Å². The lowest BCUT2D eigenvalue weighted by molar-refractivity contribution is -0.139. The number of hydrogen-bond acceptors (Lipinski definition) is 3. The lowest BCUT2D eigenvalue weighted by Gasteiger charge is -2.17. The van der Waals surface area contributed by atoms with Crippen molar-refractivity contribution in [1.82, 2.24) is 5.32 Å². The van der Waals surface area contributed by atoms with Crippen molar-refractivity contribution < 1.29 is 19.4 Å². The summed E-state index contributed by atoms with van der Waals surface area (Å²) < 4.78 is 5.53. The van der Waals surface area contributed by atoms with E-state index in [9.17, 15) is 14.7 Å². The van der Waals surface area contributed by atoms with E-state index in [1.54, 1.807) is 0 Å². The summed E-state index contributed by atoms with van der Waals surface area (Å²) in [5.74, 6) is -1.19. The van der Waals surface area contributed by atoms with Gasteiger partial charge in [0.2, 0.25) is 0 Å². The number of aliphatic carboxylic acids is 1. The van der Waals surface area contributed by atoms with E-state index in [2.05, 4.69) is 41.7 Å². The number of carboxylic acid groups (broad SMARTS) is 1. The molecule has 0 bridgehead atoms. The van der Waals surface area contributed by atoms with Crippen LogP contribution < -0.4 is 5.32 Å². The molecule has 180 valence electrons. The molecular formula is C31H27NO4. The highest BCUT2D eigenvalue weighted by Crippen LogP contribution is 2.44. The quantitative estimate of drug-likeness (QED) is 0.332. The molecule has 0 saturated carbocycles. The van der Waals surface area contributed by atoms with Gasteiger partial charge < -0.3 is 15.2 Å². The van der Waals surface area contributed by atoms with Crippen LogP contribution >= 0.6 is 0 Å². The number of carboxylic acids is 1. The van der Waals surface area contributed by atoms with E-state index in [-0.39, 0.29) is 18.9 Å². The molecule has 0 heterocycles. The zero-order valence-corrected chi connectivity index (χ0v) is 20.0. The summed E-state index contributed by atoms with van der Waals surface area (Å²) in [5, 5.41) is 12.2. The minimum Gasteiger partial charge on any atom is -0.480 e. The number of carbonyl (C=O) groups excluding carboxylic acids is 1. The molecule has 4 aromatic rings. The monoisotopic (exact) mass is 477 g/mol. The van der Waals surface area contributed by atoms with E-state index >= 15 is 0 Å². The van der Waals surface area contributed by atoms with E-state index in [0.717, 1.165) is 38.9 Å². The Morgan fingerprint density at radius 1 is 0.806 bits per heavy atom. The maximum atomic E-state index is 12.6. The predicted molar refractivity (Wildman–Crippen MR) is 140 cm³/mol. The zero-order chi connectivity index (χ0) is 25.1. The molecule has 0 radical (unpaired) electrons. The van der Waals surface area contributed by atoms with Gasteiger partial charge in [0.25, 0.3) is 0 Å². The van der Waals surface area contributed by atoms with Crippen LogP contribution in [0.3, 0.4) is 0 Å². The molecule has 5 nitrogen and oxygen atoms in total. The Morgan fingerprint density at radius 3 is 1.89 bits per heavy atom. The van der Waals surface area contributed by atoms with Crippen LogP contribution in [0.1, 0.15) is 28.2 Å². The lowest BCUT2D eigenvalue weighted by atomic mass is 9.98. The molecule has 1 atom stereocenters. The largest absolute Gasteiger partial charge is 0.480 e. The summed E-state index contributed by atoms with van der Waals surface area (Å²) in [7, 11) is 0. The van der Waals surface area contributed by atoms with Crippen molar-refractivity contribution in [2.75, 3.05) is 6.61 Å². The Kier molecular flexibility index (Phi) is 6.54. The van der Waals surface area contributed by atoms with Crippen molar-refractivity contribution >= 4 is 12.1 Å². The van der Waals surface area contributed by atoms with E-state index in [1.165, 1.54) is 5.56 Å². The van der Waals surface area contributed by atoms with Gasteiger partial charge in [-0.25, -0.2) is 9.59 Å². The summed E-state index contributed by atoms with van der Waals surface area (Å²) in [5.41, 5.74) is 8.65. The summed E-state index contributed by atoms with van der Waals surface area (Å²) in [4.78, 5) is 24.5. The van der Waals surface area contributed by atoms with Crippen LogP contribution in [0.2, 0.25) is 0 Å². The van der Waals surface area contributed by atoms with Gasteiger partial charge in [-0.3, -0.25) is 0 Å². The van der Waals surface area contributed by atoms with Crippen molar-refractivity contribution in [2.24, 2.45) is 0 Å². The molecule has 2 N–H and O–H groups in total. The molecule has 0 aliphatic heterocycles. The molecule has 36 heavy (non-hydrogen) atoms. The van der Waals surface area contributed by atoms with Crippen molar-refractivity contribution in [3.05, 3.63) is 119 Å². The number of carbonyl (C=O) groups is 2. The normalized spacial score (nSPS) is 12.9. The lowest BCUT2D eigenvalue weighted by Crippen LogP contribution is -2.42. The Morgan fingerprint density at radius 2 is 1.33 bits per heavy atom. The summed E-state index contributed by atoms with van der Waals surface area (Å²) in [6.07, 6.45) is -0.575. The smallest absolute Gasteiger partial charge is 0.407 e. The highest BCUT2D eigenvalue weighted by molar-refractivity contribution is 5.81. The van der Waals surface area contributed by atoms with Gasteiger partial charge in [-0.05, 0) is 45.9 Å². The standard InChI is InChI=1S/C31H27NO4/c1-20-10-14-22(15-11-20)23-16-12-21(13-17-23)18-29(30(33)34)32-31(35)36-19-28-26-8-4-2-6-24(26)25-7-3-5-9-27(25)28/h2-17,28-29H,18-19H2,1H3,(H,32,35)(H,33,34)/t29-/m0/s1. The second-order valence-corrected chi connectivity index (χ2v) is 9.13. The maximum absolute atomic E-state index is 12.6. The number of rotatable bonds is 7. The summed E-state index contributed by atoms with van der Waals surface area (Å²) in [6, 6.07) is 31.0. The first-order chi connectivity index (χ1) is 17.5. The van der Waals surface area contributed by atoms with E-state index < -0.39 is 18.1 Å². The topological polar surface area (TPSA) is 75.6 Å². The third-order valence-electron chi connectivity index (χ3n) is 6.71. The van der Waals surface area contributed by atoms with E-state index in [4.69, 9.17) is 4.74 Å². The fraction of sp³-hybridized carbons (Fsp3) is 0.161. The molecule has 1 aliphatic carbocycles. The van der Waals surface area contributed by atoms with E-state index in [0.29, 0.717) is 0 Å². The number of aryl methyl sites for hydroxylation is 1. The van der Waals surface area contributed by atoms with Gasteiger partial charge in [-0.2, -0.15) is 0 Å². The SMILES string of the molecule is Cc1ccc(-c2ccc(C[C@H](NC(=O)OCC3c4ccccc4-c4ccccc43)C(=O)O)cc2)cc1. The van der Waals surface area contributed by atoms with Gasteiger partial charge in [0.15, 0.2) is 0 Å². The molecule has 5 heteroatoms. The number of amides is 1. The van der Waals surface area contributed by atoms with Crippen LogP contribution in [0.15, 0.2) is 97.1 Å². The fourth-order valence-electron chi connectivity index (χ4n) is 4.80. The van der Waals surface area contributed by atoms with E-state index in [1.807, 2.05) is 67.6 Å². The van der Waals surface area contributed by atoms with Gasteiger partial charge in [0, 0.05) is 12.3 Å². The van der Waals surface area contributed by atoms with Crippen LogP contribution in [-0.4, -0.2) is 29.8 Å². The average Bonchev–Trinajstić information content (AvgIpc) is 3.22. The second-order valence-electron chi connectivity index (χ2n) is 9.13. The maximum Gasteiger partial charge on any atom is 0.407 e. The fourth-order valence-corrected chi connectivity index (χ4v) is 4.80. The molecule has 0 spiro atoms. The molecular weight excluding hydrogens is 450 g/mol. The molecule has 0 fully saturated rings.